The van der Waals surface area contributed by atoms with Gasteiger partial charge in [-0.1, -0.05) is 23.8 Å². The molecule has 7 nitrogen and oxygen atoms in total. The topological polar surface area (TPSA) is 103 Å². The number of sulfone groups is 1. The molecule has 1 aromatic heterocycles. The number of aryl methyl sites for hydroxylation is 2. The molecule has 0 amide bonds. The third kappa shape index (κ3) is 4.86. The summed E-state index contributed by atoms with van der Waals surface area (Å²) in [7, 11) is -2.93. The molecule has 0 spiro atoms. The molecule has 2 saturated carbocycles. The molecule has 1 aliphatic heterocycles. The van der Waals surface area contributed by atoms with Crippen LogP contribution in [0.4, 0.5) is 0 Å². The first-order chi connectivity index (χ1) is 18.2. The summed E-state index contributed by atoms with van der Waals surface area (Å²) in [6.07, 6.45) is 6.87. The van der Waals surface area contributed by atoms with E-state index in [4.69, 9.17) is 9.47 Å². The average molecular weight is 536 g/mol. The summed E-state index contributed by atoms with van der Waals surface area (Å²) in [5, 5.41) is 9.36. The van der Waals surface area contributed by atoms with Gasteiger partial charge in [-0.15, -0.1) is 0 Å². The molecule has 0 bridgehead atoms. The van der Waals surface area contributed by atoms with Crippen molar-refractivity contribution in [3.05, 3.63) is 70.6 Å². The van der Waals surface area contributed by atoms with Crippen LogP contribution >= 0.6 is 0 Å². The number of nitrogens with zero attached hydrogens (tertiary/aromatic N) is 1. The second kappa shape index (κ2) is 9.56. The predicted molar refractivity (Wildman–Crippen MR) is 143 cm³/mol. The standard InChI is InChI=1S/C30H33NO6S/c1-17-12-26(37-22-8-10-38(34,35)11-9-22)31-18(2)27(17)20-5-3-4-19(13-20)16-36-23-6-7-24-21(14-23)15-25-28(24)29(25)30(32)33/h3-6,12-14,22,24-25,28-29H,7-11,15-16H2,1-2H3,(H,32,33)/t24?,25-,28+,29+/m1/s1. The molecule has 4 aliphatic rings. The minimum Gasteiger partial charge on any atom is -0.489 e. The first-order valence-corrected chi connectivity index (χ1v) is 15.2. The summed E-state index contributed by atoms with van der Waals surface area (Å²) < 4.78 is 35.6. The molecule has 38 heavy (non-hydrogen) atoms. The number of carboxylic acid groups (broad SMARTS) is 1. The number of benzene rings is 1. The molecule has 2 aromatic rings. The summed E-state index contributed by atoms with van der Waals surface area (Å²) in [6.45, 7) is 4.47. The van der Waals surface area contributed by atoms with Gasteiger partial charge in [0.05, 0.1) is 17.4 Å². The van der Waals surface area contributed by atoms with Gasteiger partial charge >= 0.3 is 5.97 Å². The Hall–Kier alpha value is -3.13. The van der Waals surface area contributed by atoms with E-state index in [0.717, 1.165) is 46.5 Å². The van der Waals surface area contributed by atoms with E-state index in [2.05, 4.69) is 35.3 Å². The summed E-state index contributed by atoms with van der Waals surface area (Å²) >= 11 is 0. The number of allylic oxidation sites excluding steroid dienone is 3. The zero-order valence-corrected chi connectivity index (χ0v) is 22.5. The van der Waals surface area contributed by atoms with Crippen LogP contribution < -0.4 is 4.74 Å². The fourth-order valence-corrected chi connectivity index (χ4v) is 8.17. The van der Waals surface area contributed by atoms with Gasteiger partial charge in [-0.2, -0.15) is 0 Å². The van der Waals surface area contributed by atoms with Crippen molar-refractivity contribution in [2.75, 3.05) is 11.5 Å². The lowest BCUT2D eigenvalue weighted by Crippen LogP contribution is -2.31. The number of rotatable bonds is 7. The maximum Gasteiger partial charge on any atom is 0.307 e. The first kappa shape index (κ1) is 25.2. The predicted octanol–water partition coefficient (Wildman–Crippen LogP) is 5.02. The second-order valence-corrected chi connectivity index (χ2v) is 13.5. The van der Waals surface area contributed by atoms with Crippen LogP contribution in [0.3, 0.4) is 0 Å². The van der Waals surface area contributed by atoms with E-state index in [1.165, 1.54) is 5.57 Å². The Morgan fingerprint density at radius 2 is 1.95 bits per heavy atom. The molecular weight excluding hydrogens is 502 g/mol. The molecule has 3 aliphatic carbocycles. The van der Waals surface area contributed by atoms with Crippen LogP contribution in [0.25, 0.3) is 11.1 Å². The van der Waals surface area contributed by atoms with Crippen molar-refractivity contribution in [1.29, 1.82) is 0 Å². The van der Waals surface area contributed by atoms with Gasteiger partial charge in [0.1, 0.15) is 18.5 Å². The summed E-state index contributed by atoms with van der Waals surface area (Å²) in [5.74, 6) is 1.95. The molecular formula is C30H33NO6S. The van der Waals surface area contributed by atoms with Gasteiger partial charge in [0, 0.05) is 17.3 Å². The minimum atomic E-state index is -2.93. The van der Waals surface area contributed by atoms with E-state index in [9.17, 15) is 18.3 Å². The Morgan fingerprint density at radius 3 is 2.68 bits per heavy atom. The Balaban J connectivity index is 1.10. The lowest BCUT2D eigenvalue weighted by Gasteiger charge is -2.23. The Kier molecular flexibility index (Phi) is 6.33. The highest BCUT2D eigenvalue weighted by Crippen LogP contribution is 2.64. The highest BCUT2D eigenvalue weighted by Gasteiger charge is 2.63. The van der Waals surface area contributed by atoms with E-state index < -0.39 is 15.8 Å². The molecule has 1 aromatic carbocycles. The number of hydrogen-bond acceptors (Lipinski definition) is 6. The van der Waals surface area contributed by atoms with Crippen molar-refractivity contribution in [2.45, 2.75) is 52.2 Å². The van der Waals surface area contributed by atoms with Crippen molar-refractivity contribution >= 4 is 15.8 Å². The third-order valence-corrected chi connectivity index (χ3v) is 10.3. The third-order valence-electron chi connectivity index (χ3n) is 8.61. The van der Waals surface area contributed by atoms with E-state index in [-0.39, 0.29) is 23.5 Å². The summed E-state index contributed by atoms with van der Waals surface area (Å²) in [4.78, 5) is 16.1. The first-order valence-electron chi connectivity index (χ1n) is 13.4. The van der Waals surface area contributed by atoms with Gasteiger partial charge in [-0.25, -0.2) is 13.4 Å². The number of pyridine rings is 1. The van der Waals surface area contributed by atoms with Gasteiger partial charge in [0.15, 0.2) is 9.84 Å². The number of aromatic nitrogens is 1. The summed E-state index contributed by atoms with van der Waals surface area (Å²) in [6, 6.07) is 10.2. The minimum absolute atomic E-state index is 0.121. The molecule has 1 N–H and O–H groups in total. The molecule has 1 saturated heterocycles. The van der Waals surface area contributed by atoms with Crippen LogP contribution in [0.5, 0.6) is 5.88 Å². The Bertz CT molecular complexity index is 1420. The van der Waals surface area contributed by atoms with Gasteiger partial charge in [-0.3, -0.25) is 4.79 Å². The van der Waals surface area contributed by atoms with Crippen LogP contribution in [0.2, 0.25) is 0 Å². The molecule has 4 atom stereocenters. The molecule has 0 radical (unpaired) electrons. The molecule has 2 heterocycles. The zero-order valence-electron chi connectivity index (χ0n) is 21.7. The quantitative estimate of drug-likeness (QED) is 0.531. The van der Waals surface area contributed by atoms with Gasteiger partial charge in [0.2, 0.25) is 5.88 Å². The van der Waals surface area contributed by atoms with Crippen molar-refractivity contribution in [3.8, 4) is 17.0 Å². The van der Waals surface area contributed by atoms with Crippen LogP contribution in [0.15, 0.2) is 53.8 Å². The number of carbonyl (C=O) groups is 1. The largest absolute Gasteiger partial charge is 0.489 e. The van der Waals surface area contributed by atoms with Crippen molar-refractivity contribution < 1.29 is 27.8 Å². The average Bonchev–Trinajstić information content (AvgIpc) is 3.46. The maximum atomic E-state index is 11.7. The van der Waals surface area contributed by atoms with Crippen LogP contribution in [-0.2, 0) is 26.0 Å². The van der Waals surface area contributed by atoms with Crippen molar-refractivity contribution in [2.24, 2.45) is 23.7 Å². The van der Waals surface area contributed by atoms with Crippen LogP contribution in [-0.4, -0.2) is 42.1 Å². The van der Waals surface area contributed by atoms with Gasteiger partial charge in [-0.05, 0) is 92.2 Å². The van der Waals surface area contributed by atoms with Gasteiger partial charge in [0.25, 0.3) is 0 Å². The summed E-state index contributed by atoms with van der Waals surface area (Å²) in [5.41, 5.74) is 6.46. The Morgan fingerprint density at radius 1 is 1.16 bits per heavy atom. The molecule has 3 fully saturated rings. The normalized spacial score (nSPS) is 27.5. The number of hydrogen-bond donors (Lipinski definition) is 1. The van der Waals surface area contributed by atoms with E-state index >= 15 is 0 Å². The number of carboxylic acids is 1. The SMILES string of the molecule is Cc1cc(OC2CCS(=O)(=O)CC2)nc(C)c1-c1cccc(COC2=CCC3C(=C2)C[C@H]2[C@H](C(=O)O)[C@@H]32)c1. The Labute approximate surface area is 223 Å². The number of ether oxygens (including phenoxy) is 2. The van der Waals surface area contributed by atoms with E-state index in [0.29, 0.717) is 43.1 Å². The maximum absolute atomic E-state index is 11.7. The van der Waals surface area contributed by atoms with E-state index in [1.807, 2.05) is 26.0 Å². The molecule has 1 unspecified atom stereocenters. The highest BCUT2D eigenvalue weighted by molar-refractivity contribution is 7.91. The fraction of sp³-hybridized carbons (Fsp3) is 0.467. The monoisotopic (exact) mass is 535 g/mol. The second-order valence-electron chi connectivity index (χ2n) is 11.2. The zero-order chi connectivity index (χ0) is 26.6. The van der Waals surface area contributed by atoms with Gasteiger partial charge < -0.3 is 14.6 Å². The number of fused-ring (bicyclic) bond motifs is 3. The highest BCUT2D eigenvalue weighted by atomic mass is 32.2. The molecule has 8 heteroatoms. The lowest BCUT2D eigenvalue weighted by molar-refractivity contribution is -0.139. The lowest BCUT2D eigenvalue weighted by atomic mass is 9.87. The van der Waals surface area contributed by atoms with Crippen LogP contribution in [0, 0.1) is 37.5 Å². The molecule has 200 valence electrons. The smallest absolute Gasteiger partial charge is 0.307 e. The van der Waals surface area contributed by atoms with Crippen molar-refractivity contribution in [3.63, 3.8) is 0 Å². The van der Waals surface area contributed by atoms with Crippen molar-refractivity contribution in [1.82, 2.24) is 4.98 Å². The van der Waals surface area contributed by atoms with Crippen LogP contribution in [0.1, 0.15) is 42.5 Å². The number of aliphatic carboxylic acids is 1. The molecule has 6 rings (SSSR count). The fourth-order valence-electron chi connectivity index (χ4n) is 6.72. The van der Waals surface area contributed by atoms with E-state index in [1.54, 1.807) is 0 Å².